The van der Waals surface area contributed by atoms with Crippen LogP contribution in [0.25, 0.3) is 0 Å². The van der Waals surface area contributed by atoms with Crippen LogP contribution in [0.15, 0.2) is 59.8 Å². The highest BCUT2D eigenvalue weighted by atomic mass is 32.2. The summed E-state index contributed by atoms with van der Waals surface area (Å²) in [6, 6.07) is 17.0. The molecule has 1 fully saturated rings. The van der Waals surface area contributed by atoms with Gasteiger partial charge < -0.3 is 11.2 Å². The van der Waals surface area contributed by atoms with E-state index in [-0.39, 0.29) is 5.91 Å². The van der Waals surface area contributed by atoms with Gasteiger partial charge in [-0.2, -0.15) is 0 Å². The molecule has 1 heterocycles. The molecule has 1 saturated carbocycles. The number of nitrogens with one attached hydrogen (secondary N) is 1. The van der Waals surface area contributed by atoms with E-state index in [9.17, 15) is 4.79 Å². The van der Waals surface area contributed by atoms with Crippen LogP contribution in [0.3, 0.4) is 0 Å². The van der Waals surface area contributed by atoms with Crippen molar-refractivity contribution in [2.24, 2.45) is 0 Å². The molecule has 0 unspecified atom stereocenters. The Morgan fingerprint density at radius 2 is 1.85 bits per heavy atom. The van der Waals surface area contributed by atoms with Crippen molar-refractivity contribution in [2.45, 2.75) is 29.7 Å². The third-order valence-electron chi connectivity index (χ3n) is 4.25. The second-order valence-corrected chi connectivity index (χ2v) is 7.23. The average molecular weight is 365 g/mol. The first-order chi connectivity index (χ1) is 12.7. The third kappa shape index (κ3) is 3.72. The summed E-state index contributed by atoms with van der Waals surface area (Å²) in [4.78, 5) is 12.3. The number of anilines is 1. The lowest BCUT2D eigenvalue weighted by Gasteiger charge is -2.06. The van der Waals surface area contributed by atoms with E-state index in [1.165, 1.54) is 0 Å². The molecule has 4 rings (SSSR count). The molecule has 2 aromatic carbocycles. The lowest BCUT2D eigenvalue weighted by atomic mass is 10.1. The fourth-order valence-electron chi connectivity index (χ4n) is 2.63. The predicted octanol–water partition coefficient (Wildman–Crippen LogP) is 3.41. The Hall–Kier alpha value is -2.80. The van der Waals surface area contributed by atoms with Gasteiger partial charge in [0.2, 0.25) is 5.16 Å². The lowest BCUT2D eigenvalue weighted by molar-refractivity contribution is 0.102. The number of nitrogen functional groups attached to an aromatic ring is 1. The number of benzene rings is 2. The van der Waals surface area contributed by atoms with Gasteiger partial charge in [-0.05, 0) is 42.7 Å². The molecular weight excluding hydrogens is 346 g/mol. The van der Waals surface area contributed by atoms with Gasteiger partial charge in [0.05, 0.1) is 0 Å². The minimum absolute atomic E-state index is 0.119. The summed E-state index contributed by atoms with van der Waals surface area (Å²) in [5.41, 5.74) is 2.51. The van der Waals surface area contributed by atoms with Crippen molar-refractivity contribution in [2.75, 3.05) is 11.2 Å². The van der Waals surface area contributed by atoms with Gasteiger partial charge in [-0.1, -0.05) is 42.1 Å². The smallest absolute Gasteiger partial charge is 0.255 e. The van der Waals surface area contributed by atoms with E-state index < -0.39 is 0 Å². The van der Waals surface area contributed by atoms with Crippen molar-refractivity contribution in [3.8, 4) is 0 Å². The third-order valence-corrected chi connectivity index (χ3v) is 5.26. The van der Waals surface area contributed by atoms with Crippen LogP contribution < -0.4 is 11.2 Å². The number of para-hydroxylation sites is 1. The predicted molar refractivity (Wildman–Crippen MR) is 103 cm³/mol. The zero-order chi connectivity index (χ0) is 17.9. The number of carbonyl (C=O) groups excluding carboxylic acids is 1. The summed E-state index contributed by atoms with van der Waals surface area (Å²) < 4.78 is 1.60. The van der Waals surface area contributed by atoms with E-state index in [0.717, 1.165) is 40.8 Å². The Bertz CT molecular complexity index is 903. The van der Waals surface area contributed by atoms with Crippen LogP contribution in [0.2, 0.25) is 0 Å². The van der Waals surface area contributed by atoms with E-state index in [1.54, 1.807) is 16.4 Å². The normalized spacial score (nSPS) is 13.5. The molecule has 1 aromatic heterocycles. The summed E-state index contributed by atoms with van der Waals surface area (Å²) in [6.07, 6.45) is 2.29. The van der Waals surface area contributed by atoms with Gasteiger partial charge in [0.1, 0.15) is 0 Å². The second-order valence-electron chi connectivity index (χ2n) is 6.29. The minimum Gasteiger partial charge on any atom is -0.336 e. The van der Waals surface area contributed by atoms with Gasteiger partial charge >= 0.3 is 0 Å². The highest BCUT2D eigenvalue weighted by Crippen LogP contribution is 2.39. The molecular formula is C19H19N5OS. The summed E-state index contributed by atoms with van der Waals surface area (Å²) >= 11 is 1.55. The molecule has 0 radical (unpaired) electrons. The minimum atomic E-state index is -0.119. The first-order valence-electron chi connectivity index (χ1n) is 8.49. The molecule has 3 aromatic rings. The van der Waals surface area contributed by atoms with Crippen molar-refractivity contribution < 1.29 is 4.79 Å². The Morgan fingerprint density at radius 3 is 2.54 bits per heavy atom. The highest BCUT2D eigenvalue weighted by Gasteiger charge is 2.29. The largest absolute Gasteiger partial charge is 0.336 e. The van der Waals surface area contributed by atoms with Crippen LogP contribution >= 0.6 is 11.8 Å². The maximum atomic E-state index is 12.3. The molecule has 0 spiro atoms. The molecule has 3 N–H and O–H groups in total. The van der Waals surface area contributed by atoms with Gasteiger partial charge in [-0.3, -0.25) is 4.79 Å². The number of thioether (sulfide) groups is 1. The van der Waals surface area contributed by atoms with E-state index in [0.29, 0.717) is 11.5 Å². The standard InChI is InChI=1S/C19H19N5OS/c20-24-17(14-10-11-14)22-23-19(24)26-12-13-6-8-15(9-7-13)18(25)21-16-4-2-1-3-5-16/h1-9,14H,10-12,20H2,(H,21,25). The highest BCUT2D eigenvalue weighted by molar-refractivity contribution is 7.98. The maximum absolute atomic E-state index is 12.3. The molecule has 6 nitrogen and oxygen atoms in total. The van der Waals surface area contributed by atoms with Crippen molar-refractivity contribution in [3.63, 3.8) is 0 Å². The van der Waals surface area contributed by atoms with Crippen LogP contribution in [0.4, 0.5) is 5.69 Å². The zero-order valence-corrected chi connectivity index (χ0v) is 14.9. The molecule has 0 bridgehead atoms. The van der Waals surface area contributed by atoms with Crippen molar-refractivity contribution in [1.82, 2.24) is 14.9 Å². The van der Waals surface area contributed by atoms with Gasteiger partial charge in [-0.15, -0.1) is 10.2 Å². The van der Waals surface area contributed by atoms with Gasteiger partial charge in [-0.25, -0.2) is 4.68 Å². The van der Waals surface area contributed by atoms with E-state index in [2.05, 4.69) is 15.5 Å². The van der Waals surface area contributed by atoms with E-state index >= 15 is 0 Å². The molecule has 0 atom stereocenters. The monoisotopic (exact) mass is 365 g/mol. The Labute approximate surface area is 155 Å². The molecule has 1 aliphatic rings. The zero-order valence-electron chi connectivity index (χ0n) is 14.1. The Morgan fingerprint density at radius 1 is 1.12 bits per heavy atom. The second kappa shape index (κ2) is 7.21. The molecule has 0 saturated heterocycles. The average Bonchev–Trinajstić information content (AvgIpc) is 3.44. The molecule has 1 amide bonds. The molecule has 132 valence electrons. The fraction of sp³-hybridized carbons (Fsp3) is 0.211. The van der Waals surface area contributed by atoms with Crippen LogP contribution in [0.1, 0.15) is 40.5 Å². The Balaban J connectivity index is 1.36. The van der Waals surface area contributed by atoms with Crippen molar-refractivity contribution in [3.05, 3.63) is 71.5 Å². The van der Waals surface area contributed by atoms with E-state index in [4.69, 9.17) is 5.84 Å². The molecule has 1 aliphatic carbocycles. The van der Waals surface area contributed by atoms with Gasteiger partial charge in [0.15, 0.2) is 5.82 Å². The topological polar surface area (TPSA) is 85.8 Å². The number of rotatable bonds is 6. The summed E-state index contributed by atoms with van der Waals surface area (Å²) in [5, 5.41) is 12.0. The number of carbonyl (C=O) groups is 1. The first kappa shape index (κ1) is 16.7. The number of aromatic nitrogens is 3. The number of hydrogen-bond acceptors (Lipinski definition) is 5. The van der Waals surface area contributed by atoms with Crippen LogP contribution in [0, 0.1) is 0 Å². The lowest BCUT2D eigenvalue weighted by Crippen LogP contribution is -2.13. The molecule has 7 heteroatoms. The maximum Gasteiger partial charge on any atom is 0.255 e. The van der Waals surface area contributed by atoms with Crippen LogP contribution in [-0.2, 0) is 5.75 Å². The van der Waals surface area contributed by atoms with Gasteiger partial charge in [0.25, 0.3) is 5.91 Å². The quantitative estimate of drug-likeness (QED) is 0.516. The number of nitrogens with two attached hydrogens (primary N) is 1. The molecule has 26 heavy (non-hydrogen) atoms. The van der Waals surface area contributed by atoms with E-state index in [1.807, 2.05) is 54.6 Å². The van der Waals surface area contributed by atoms with Crippen molar-refractivity contribution >= 4 is 23.4 Å². The first-order valence-corrected chi connectivity index (χ1v) is 9.48. The molecule has 0 aliphatic heterocycles. The summed E-state index contributed by atoms with van der Waals surface area (Å²) in [7, 11) is 0. The number of amides is 1. The fourth-order valence-corrected chi connectivity index (χ4v) is 3.45. The number of nitrogens with zero attached hydrogens (tertiary/aromatic N) is 3. The number of hydrogen-bond donors (Lipinski definition) is 2. The van der Waals surface area contributed by atoms with Crippen molar-refractivity contribution in [1.29, 1.82) is 0 Å². The summed E-state index contributed by atoms with van der Waals surface area (Å²) in [6.45, 7) is 0. The summed E-state index contributed by atoms with van der Waals surface area (Å²) in [5.74, 6) is 8.02. The van der Waals surface area contributed by atoms with Crippen LogP contribution in [0.5, 0.6) is 0 Å². The SMILES string of the molecule is Nn1c(SCc2ccc(C(=O)Nc3ccccc3)cc2)nnc1C1CC1. The van der Waals surface area contributed by atoms with Crippen LogP contribution in [-0.4, -0.2) is 20.8 Å². The Kier molecular flexibility index (Phi) is 4.62. The van der Waals surface area contributed by atoms with Gasteiger partial charge in [0, 0.05) is 22.9 Å².